The molecule has 0 saturated heterocycles. The largest absolute Gasteiger partial charge is 0.493 e. The molecule has 0 saturated carbocycles. The number of hydrogen-bond acceptors (Lipinski definition) is 5. The summed E-state index contributed by atoms with van der Waals surface area (Å²) in [5.41, 5.74) is 2.69. The lowest BCUT2D eigenvalue weighted by molar-refractivity contribution is -0.105. The first-order valence-corrected chi connectivity index (χ1v) is 7.20. The molecule has 2 aromatic rings. The number of fused-ring (bicyclic) bond motifs is 3. The minimum Gasteiger partial charge on any atom is -0.493 e. The van der Waals surface area contributed by atoms with Crippen LogP contribution in [0.3, 0.4) is 0 Å². The Hall–Kier alpha value is -2.28. The lowest BCUT2D eigenvalue weighted by Crippen LogP contribution is -2.20. The number of aryl methyl sites for hydroxylation is 1. The number of thiazole rings is 1. The Balaban J connectivity index is 2.26. The minimum atomic E-state index is -0.0743. The van der Waals surface area contributed by atoms with E-state index in [-0.39, 0.29) is 4.87 Å². The van der Waals surface area contributed by atoms with E-state index in [1.807, 2.05) is 12.1 Å². The number of anilines is 1. The van der Waals surface area contributed by atoms with Crippen molar-refractivity contribution in [2.24, 2.45) is 0 Å². The summed E-state index contributed by atoms with van der Waals surface area (Å²) >= 11 is 1.03. The molecule has 2 heterocycles. The van der Waals surface area contributed by atoms with Crippen molar-refractivity contribution in [1.29, 1.82) is 0 Å². The molecule has 110 valence electrons. The lowest BCUT2D eigenvalue weighted by Gasteiger charge is -2.21. The molecule has 21 heavy (non-hydrogen) atoms. The average Bonchev–Trinajstić information content (AvgIpc) is 2.82. The highest BCUT2D eigenvalue weighted by Crippen LogP contribution is 2.41. The first-order chi connectivity index (χ1) is 10.2. The molecule has 3 rings (SSSR count). The van der Waals surface area contributed by atoms with Crippen molar-refractivity contribution in [2.45, 2.75) is 13.0 Å². The maximum absolute atomic E-state index is 12.0. The normalized spacial score (nSPS) is 12.3. The van der Waals surface area contributed by atoms with Gasteiger partial charge in [0, 0.05) is 12.1 Å². The van der Waals surface area contributed by atoms with Crippen LogP contribution in [0.15, 0.2) is 16.9 Å². The Morgan fingerprint density at radius 1 is 1.29 bits per heavy atom. The van der Waals surface area contributed by atoms with E-state index in [1.165, 1.54) is 0 Å². The third-order valence-corrected chi connectivity index (χ3v) is 4.46. The van der Waals surface area contributed by atoms with Gasteiger partial charge in [0.05, 0.1) is 19.9 Å². The van der Waals surface area contributed by atoms with Crippen molar-refractivity contribution >= 4 is 22.7 Å². The topological polar surface area (TPSA) is 69.6 Å². The van der Waals surface area contributed by atoms with Crippen molar-refractivity contribution < 1.29 is 14.3 Å². The number of ether oxygens (including phenoxy) is 2. The molecular weight excluding hydrogens is 292 g/mol. The molecule has 0 fully saturated rings. The van der Waals surface area contributed by atoms with Crippen LogP contribution >= 0.6 is 11.3 Å². The quantitative estimate of drug-likeness (QED) is 0.873. The zero-order chi connectivity index (χ0) is 15.0. The molecule has 0 unspecified atom stereocenters. The molecule has 0 atom stereocenters. The van der Waals surface area contributed by atoms with Crippen LogP contribution in [0.2, 0.25) is 0 Å². The first-order valence-electron chi connectivity index (χ1n) is 6.38. The minimum absolute atomic E-state index is 0.0743. The predicted molar refractivity (Wildman–Crippen MR) is 80.5 cm³/mol. The highest BCUT2D eigenvalue weighted by molar-refractivity contribution is 7.14. The van der Waals surface area contributed by atoms with E-state index in [9.17, 15) is 9.59 Å². The van der Waals surface area contributed by atoms with E-state index in [2.05, 4.69) is 5.32 Å². The molecule has 0 spiro atoms. The van der Waals surface area contributed by atoms with Gasteiger partial charge in [-0.1, -0.05) is 11.3 Å². The van der Waals surface area contributed by atoms with Crippen LogP contribution < -0.4 is 19.7 Å². The van der Waals surface area contributed by atoms with Gasteiger partial charge in [0.1, 0.15) is 5.00 Å². The van der Waals surface area contributed by atoms with Gasteiger partial charge in [0.25, 0.3) is 0 Å². The Morgan fingerprint density at radius 3 is 2.67 bits per heavy atom. The summed E-state index contributed by atoms with van der Waals surface area (Å²) in [7, 11) is 3.16. The fraction of sp³-hybridized carbons (Fsp3) is 0.286. The molecule has 1 N–H and O–H groups in total. The van der Waals surface area contributed by atoms with E-state index < -0.39 is 0 Å². The van der Waals surface area contributed by atoms with Crippen LogP contribution in [0, 0.1) is 0 Å². The summed E-state index contributed by atoms with van der Waals surface area (Å²) in [5.74, 6) is 1.26. The maximum atomic E-state index is 12.0. The molecule has 7 heteroatoms. The van der Waals surface area contributed by atoms with Gasteiger partial charge in [-0.2, -0.15) is 0 Å². The van der Waals surface area contributed by atoms with E-state index in [4.69, 9.17) is 9.47 Å². The zero-order valence-corrected chi connectivity index (χ0v) is 12.5. The number of nitrogens with zero attached hydrogens (tertiary/aromatic N) is 1. The van der Waals surface area contributed by atoms with Gasteiger partial charge in [-0.05, 0) is 24.1 Å². The van der Waals surface area contributed by atoms with Crippen LogP contribution in [-0.2, 0) is 17.8 Å². The number of amides is 1. The standard InChI is InChI=1S/C14H14N2O4S/c1-19-10-5-8-3-4-16-12(9(8)6-11(10)20-2)13(15-7-17)21-14(16)18/h5-7H,3-4H2,1-2H3,(H,15,17). The second-order valence-electron chi connectivity index (χ2n) is 4.57. The first kappa shape index (κ1) is 13.7. The molecular formula is C14H14N2O4S. The van der Waals surface area contributed by atoms with Crippen molar-refractivity contribution in [1.82, 2.24) is 4.57 Å². The van der Waals surface area contributed by atoms with Gasteiger partial charge < -0.3 is 14.8 Å². The lowest BCUT2D eigenvalue weighted by atomic mass is 9.97. The van der Waals surface area contributed by atoms with Gasteiger partial charge in [0.15, 0.2) is 11.5 Å². The van der Waals surface area contributed by atoms with Gasteiger partial charge in [-0.25, -0.2) is 0 Å². The summed E-state index contributed by atoms with van der Waals surface area (Å²) in [5, 5.41) is 3.17. The number of rotatable bonds is 4. The van der Waals surface area contributed by atoms with Crippen molar-refractivity contribution in [3.05, 3.63) is 27.4 Å². The van der Waals surface area contributed by atoms with Crippen molar-refractivity contribution in [2.75, 3.05) is 19.5 Å². The van der Waals surface area contributed by atoms with Gasteiger partial charge in [-0.3, -0.25) is 14.2 Å². The Morgan fingerprint density at radius 2 is 2.00 bits per heavy atom. The third kappa shape index (κ3) is 2.09. The second kappa shape index (κ2) is 5.25. The molecule has 1 aromatic heterocycles. The van der Waals surface area contributed by atoms with E-state index >= 15 is 0 Å². The van der Waals surface area contributed by atoms with E-state index in [1.54, 1.807) is 18.8 Å². The number of carbonyl (C=O) groups is 1. The SMILES string of the molecule is COc1cc2c(cc1OC)-c1c(NC=O)sc(=O)n1CC2. The van der Waals surface area contributed by atoms with Crippen LogP contribution in [0.5, 0.6) is 11.5 Å². The highest BCUT2D eigenvalue weighted by Gasteiger charge is 2.25. The fourth-order valence-corrected chi connectivity index (χ4v) is 3.50. The molecule has 6 nitrogen and oxygen atoms in total. The van der Waals surface area contributed by atoms with Gasteiger partial charge in [-0.15, -0.1) is 0 Å². The van der Waals surface area contributed by atoms with Gasteiger partial charge in [0.2, 0.25) is 6.41 Å². The van der Waals surface area contributed by atoms with Crippen LogP contribution in [0.1, 0.15) is 5.56 Å². The summed E-state index contributed by atoms with van der Waals surface area (Å²) in [6.45, 7) is 0.591. The second-order valence-corrected chi connectivity index (χ2v) is 5.54. The van der Waals surface area contributed by atoms with E-state index in [0.717, 1.165) is 34.6 Å². The summed E-state index contributed by atoms with van der Waals surface area (Å²) < 4.78 is 12.3. The van der Waals surface area contributed by atoms with Gasteiger partial charge >= 0.3 is 4.87 Å². The molecule has 1 aliphatic heterocycles. The zero-order valence-electron chi connectivity index (χ0n) is 11.6. The smallest absolute Gasteiger partial charge is 0.309 e. The maximum Gasteiger partial charge on any atom is 0.309 e. The number of methoxy groups -OCH3 is 2. The predicted octanol–water partition coefficient (Wildman–Crippen LogP) is 1.72. The van der Waals surface area contributed by atoms with Crippen LogP contribution in [-0.4, -0.2) is 25.2 Å². The van der Waals surface area contributed by atoms with Crippen molar-refractivity contribution in [3.63, 3.8) is 0 Å². The van der Waals surface area contributed by atoms with Crippen molar-refractivity contribution in [3.8, 4) is 22.8 Å². The van der Waals surface area contributed by atoms with Crippen LogP contribution in [0.4, 0.5) is 5.00 Å². The number of hydrogen-bond donors (Lipinski definition) is 1. The fourth-order valence-electron chi connectivity index (χ4n) is 2.61. The monoisotopic (exact) mass is 306 g/mol. The summed E-state index contributed by atoms with van der Waals surface area (Å²) in [6, 6.07) is 3.77. The molecule has 0 radical (unpaired) electrons. The molecule has 1 amide bonds. The number of nitrogens with one attached hydrogen (secondary N) is 1. The summed E-state index contributed by atoms with van der Waals surface area (Å²) in [6.07, 6.45) is 1.32. The van der Waals surface area contributed by atoms with E-state index in [0.29, 0.717) is 29.5 Å². The highest BCUT2D eigenvalue weighted by atomic mass is 32.1. The number of carbonyl (C=O) groups excluding carboxylic acids is 1. The summed E-state index contributed by atoms with van der Waals surface area (Å²) in [4.78, 5) is 22.7. The Bertz CT molecular complexity index is 763. The molecule has 1 aromatic carbocycles. The molecule has 0 aliphatic carbocycles. The Labute approximate surface area is 124 Å². The van der Waals surface area contributed by atoms with Crippen LogP contribution in [0.25, 0.3) is 11.3 Å². The number of benzene rings is 1. The number of aromatic nitrogens is 1. The third-order valence-electron chi connectivity index (χ3n) is 3.55. The molecule has 0 bridgehead atoms. The average molecular weight is 306 g/mol. The molecule has 1 aliphatic rings. The Kier molecular flexibility index (Phi) is 3.42.